The maximum Gasteiger partial charge on any atom is 0.306 e. The van der Waals surface area contributed by atoms with Gasteiger partial charge in [-0.15, -0.1) is 0 Å². The van der Waals surface area contributed by atoms with Crippen LogP contribution in [0.15, 0.2) is 48.6 Å². The van der Waals surface area contributed by atoms with E-state index in [1.54, 1.807) is 0 Å². The lowest BCUT2D eigenvalue weighted by atomic mass is 9.98. The lowest BCUT2D eigenvalue weighted by molar-refractivity contribution is -0.332. The number of allylic oxidation sites excluding steroid dienone is 8. The second kappa shape index (κ2) is 41.6. The third kappa shape index (κ3) is 28.7. The van der Waals surface area contributed by atoms with Crippen molar-refractivity contribution in [3.8, 4) is 0 Å². The molecule has 0 bridgehead atoms. The maximum atomic E-state index is 13.0. The van der Waals surface area contributed by atoms with Crippen LogP contribution in [0.25, 0.3) is 0 Å². The van der Waals surface area contributed by atoms with Crippen molar-refractivity contribution in [2.45, 2.75) is 255 Å². The highest BCUT2D eigenvalue weighted by Crippen LogP contribution is 2.26. The van der Waals surface area contributed by atoms with Crippen molar-refractivity contribution >= 4 is 5.97 Å². The van der Waals surface area contributed by atoms with E-state index in [-0.39, 0.29) is 25.6 Å². The topological polar surface area (TPSA) is 214 Å². The number of unbranched alkanes of at least 4 members (excludes halogenated alkanes) is 20. The minimum atomic E-state index is -1.71. The van der Waals surface area contributed by atoms with Gasteiger partial charge in [0.1, 0.15) is 54.9 Å². The fraction of sp³-hybridized carbons (Fsp3) is 0.833. The van der Waals surface area contributed by atoms with Crippen molar-refractivity contribution in [1.29, 1.82) is 0 Å². The van der Waals surface area contributed by atoms with Crippen LogP contribution in [0.5, 0.6) is 0 Å². The Morgan fingerprint density at radius 3 is 1.50 bits per heavy atom. The molecule has 14 heteroatoms. The zero-order chi connectivity index (χ0) is 49.5. The Kier molecular flexibility index (Phi) is 37.9. The van der Waals surface area contributed by atoms with E-state index in [0.29, 0.717) is 13.0 Å². The summed E-state index contributed by atoms with van der Waals surface area (Å²) < 4.78 is 34.3. The average Bonchev–Trinajstić information content (AvgIpc) is 3.33. The van der Waals surface area contributed by atoms with Crippen LogP contribution in [0.1, 0.15) is 187 Å². The first-order chi connectivity index (χ1) is 33.1. The summed E-state index contributed by atoms with van der Waals surface area (Å²) in [5, 5.41) is 72.2. The molecular weight excluding hydrogens is 873 g/mol. The summed E-state index contributed by atoms with van der Waals surface area (Å²) in [5.41, 5.74) is 0. The highest BCUT2D eigenvalue weighted by Gasteiger charge is 2.47. The first-order valence-electron chi connectivity index (χ1n) is 26.7. The van der Waals surface area contributed by atoms with Crippen LogP contribution in [0.4, 0.5) is 0 Å². The lowest BCUT2D eigenvalue weighted by Crippen LogP contribution is -2.61. The van der Waals surface area contributed by atoms with Crippen molar-refractivity contribution in [3.63, 3.8) is 0 Å². The van der Waals surface area contributed by atoms with E-state index in [2.05, 4.69) is 62.5 Å². The Labute approximate surface area is 410 Å². The van der Waals surface area contributed by atoms with Gasteiger partial charge in [-0.1, -0.05) is 178 Å². The van der Waals surface area contributed by atoms with Crippen LogP contribution in [0.3, 0.4) is 0 Å². The smallest absolute Gasteiger partial charge is 0.306 e. The highest BCUT2D eigenvalue weighted by molar-refractivity contribution is 5.69. The molecule has 0 aromatic heterocycles. The minimum absolute atomic E-state index is 0.0550. The average molecular weight is 969 g/mol. The van der Waals surface area contributed by atoms with Crippen LogP contribution in [-0.2, 0) is 33.2 Å². The fourth-order valence-corrected chi connectivity index (χ4v) is 8.28. The SMILES string of the molecule is CC/C=C\C/C=C\C/C=C\C/C=C\CCCCCCCCCOCC(COC1OC(COC2OC(CO)C(O)C(O)C2O)C(O)C(O)C1O)OC(=O)CCCCCCCCCCCCCCCC. The van der Waals surface area contributed by atoms with E-state index in [4.69, 9.17) is 28.4 Å². The van der Waals surface area contributed by atoms with E-state index in [9.17, 15) is 40.5 Å². The number of rotatable bonds is 42. The molecule has 396 valence electrons. The molecule has 2 fully saturated rings. The number of aliphatic hydroxyl groups excluding tert-OH is 7. The second-order valence-corrected chi connectivity index (χ2v) is 18.7. The van der Waals surface area contributed by atoms with Gasteiger partial charge in [0.2, 0.25) is 0 Å². The van der Waals surface area contributed by atoms with Crippen LogP contribution >= 0.6 is 0 Å². The summed E-state index contributed by atoms with van der Waals surface area (Å²) in [6, 6.07) is 0. The monoisotopic (exact) mass is 969 g/mol. The first kappa shape index (κ1) is 62.1. The van der Waals surface area contributed by atoms with E-state index in [1.165, 1.54) is 89.9 Å². The van der Waals surface area contributed by atoms with Crippen LogP contribution in [0.2, 0.25) is 0 Å². The van der Waals surface area contributed by atoms with Gasteiger partial charge in [-0.3, -0.25) is 4.79 Å². The molecule has 2 aliphatic heterocycles. The Bertz CT molecular complexity index is 1310. The number of hydrogen-bond donors (Lipinski definition) is 7. The molecule has 0 aliphatic carbocycles. The predicted octanol–water partition coefficient (Wildman–Crippen LogP) is 8.35. The molecule has 68 heavy (non-hydrogen) atoms. The Morgan fingerprint density at radius 1 is 0.500 bits per heavy atom. The number of carbonyl (C=O) groups is 1. The first-order valence-corrected chi connectivity index (χ1v) is 26.7. The minimum Gasteiger partial charge on any atom is -0.457 e. The van der Waals surface area contributed by atoms with Gasteiger partial charge in [0.25, 0.3) is 0 Å². The lowest BCUT2D eigenvalue weighted by Gasteiger charge is -2.42. The molecule has 0 spiro atoms. The largest absolute Gasteiger partial charge is 0.457 e. The van der Waals surface area contributed by atoms with Gasteiger partial charge in [0.15, 0.2) is 12.6 Å². The molecule has 14 nitrogen and oxygen atoms in total. The summed E-state index contributed by atoms with van der Waals surface area (Å²) >= 11 is 0. The van der Waals surface area contributed by atoms with Crippen LogP contribution in [-0.4, -0.2) is 142 Å². The third-order valence-electron chi connectivity index (χ3n) is 12.6. The van der Waals surface area contributed by atoms with Crippen molar-refractivity contribution in [2.75, 3.05) is 33.0 Å². The Hall–Kier alpha value is -2.05. The maximum absolute atomic E-state index is 13.0. The molecule has 0 aromatic rings. The third-order valence-corrected chi connectivity index (χ3v) is 12.6. The standard InChI is InChI=1S/C54H96O14/c1-3-5-7-9-11-13-15-17-19-20-21-22-23-24-26-28-30-32-34-36-38-63-40-43(66-46(56)37-35-33-31-29-27-25-18-16-14-12-10-8-6-4-2)41-64-53-52(62)50(60)48(58)45(68-53)42-65-54-51(61)49(59)47(57)44(39-55)67-54/h5,7,11,13,17,19,21-22,43-45,47-55,57-62H,3-4,6,8-10,12,14-16,18,20,23-42H2,1-2H3/b7-5-,13-11-,19-17-,22-21-. The molecule has 2 saturated heterocycles. The summed E-state index contributed by atoms with van der Waals surface area (Å²) in [7, 11) is 0. The van der Waals surface area contributed by atoms with Gasteiger partial charge in [-0.2, -0.15) is 0 Å². The van der Waals surface area contributed by atoms with E-state index >= 15 is 0 Å². The van der Waals surface area contributed by atoms with Gasteiger partial charge in [0, 0.05) is 13.0 Å². The number of carbonyl (C=O) groups excluding carboxylic acids is 1. The van der Waals surface area contributed by atoms with E-state index in [0.717, 1.165) is 70.6 Å². The zero-order valence-corrected chi connectivity index (χ0v) is 42.1. The normalized spacial score (nSPS) is 26.2. The molecular formula is C54H96O14. The molecule has 0 saturated carbocycles. The molecule has 2 aliphatic rings. The van der Waals surface area contributed by atoms with Gasteiger partial charge in [-0.25, -0.2) is 0 Å². The highest BCUT2D eigenvalue weighted by atomic mass is 16.7. The molecule has 0 amide bonds. The van der Waals surface area contributed by atoms with Crippen LogP contribution in [0, 0.1) is 0 Å². The van der Waals surface area contributed by atoms with Gasteiger partial charge < -0.3 is 64.2 Å². The van der Waals surface area contributed by atoms with Crippen LogP contribution < -0.4 is 0 Å². The molecule has 11 atom stereocenters. The quantitative estimate of drug-likeness (QED) is 0.0174. The number of ether oxygens (including phenoxy) is 6. The Morgan fingerprint density at radius 2 is 0.956 bits per heavy atom. The second-order valence-electron chi connectivity index (χ2n) is 18.7. The summed E-state index contributed by atoms with van der Waals surface area (Å²) in [6.07, 6.45) is 31.7. The molecule has 2 heterocycles. The fourth-order valence-electron chi connectivity index (χ4n) is 8.28. The number of aliphatic hydroxyl groups is 7. The van der Waals surface area contributed by atoms with Gasteiger partial charge in [0.05, 0.1) is 26.4 Å². The Balaban J connectivity index is 1.75. The van der Waals surface area contributed by atoms with Gasteiger partial charge in [-0.05, 0) is 51.4 Å². The molecule has 0 radical (unpaired) electrons. The van der Waals surface area contributed by atoms with E-state index in [1.807, 2.05) is 0 Å². The summed E-state index contributed by atoms with van der Waals surface area (Å²) in [6.45, 7) is 3.56. The molecule has 2 rings (SSSR count). The van der Waals surface area contributed by atoms with Crippen molar-refractivity contribution in [2.24, 2.45) is 0 Å². The summed E-state index contributed by atoms with van der Waals surface area (Å²) in [4.78, 5) is 13.0. The number of hydrogen-bond acceptors (Lipinski definition) is 14. The molecule has 0 aromatic carbocycles. The van der Waals surface area contributed by atoms with Crippen molar-refractivity contribution in [3.05, 3.63) is 48.6 Å². The molecule has 7 N–H and O–H groups in total. The molecule has 11 unspecified atom stereocenters. The summed E-state index contributed by atoms with van der Waals surface area (Å²) in [5.74, 6) is -0.380. The van der Waals surface area contributed by atoms with Gasteiger partial charge >= 0.3 is 5.97 Å². The number of esters is 1. The predicted molar refractivity (Wildman–Crippen MR) is 266 cm³/mol. The van der Waals surface area contributed by atoms with E-state index < -0.39 is 80.7 Å². The zero-order valence-electron chi connectivity index (χ0n) is 42.1. The van der Waals surface area contributed by atoms with Crippen molar-refractivity contribution in [1.82, 2.24) is 0 Å². The van der Waals surface area contributed by atoms with Crippen molar-refractivity contribution < 1.29 is 69.0 Å².